The Labute approximate surface area is 146 Å². The number of ether oxygens (including phenoxy) is 1. The Balaban J connectivity index is 1.68. The minimum absolute atomic E-state index is 0.102. The van der Waals surface area contributed by atoms with Crippen LogP contribution in [0.4, 0.5) is 4.79 Å². The van der Waals surface area contributed by atoms with Crippen molar-refractivity contribution < 1.29 is 9.53 Å². The lowest BCUT2D eigenvalue weighted by Gasteiger charge is -2.34. The molecular formula is C20H32N2O2. The molecule has 24 heavy (non-hydrogen) atoms. The molecule has 4 nitrogen and oxygen atoms in total. The molecular weight excluding hydrogens is 300 g/mol. The summed E-state index contributed by atoms with van der Waals surface area (Å²) < 4.78 is 5.31. The van der Waals surface area contributed by atoms with Gasteiger partial charge < -0.3 is 15.0 Å². The lowest BCUT2D eigenvalue weighted by Crippen LogP contribution is -2.46. The third-order valence-corrected chi connectivity index (χ3v) is 4.37. The minimum Gasteiger partial charge on any atom is -0.444 e. The van der Waals surface area contributed by atoms with Gasteiger partial charge in [-0.15, -0.1) is 0 Å². The fourth-order valence-electron chi connectivity index (χ4n) is 3.26. The Kier molecular flexibility index (Phi) is 6.67. The molecule has 0 bridgehead atoms. The largest absolute Gasteiger partial charge is 0.444 e. The summed E-state index contributed by atoms with van der Waals surface area (Å²) in [7, 11) is 0. The number of carbonyl (C=O) groups excluding carboxylic acids is 1. The molecule has 134 valence electrons. The van der Waals surface area contributed by atoms with Gasteiger partial charge in [0.05, 0.1) is 0 Å². The lowest BCUT2D eigenvalue weighted by molar-refractivity contribution is 0.0491. The van der Waals surface area contributed by atoms with Crippen LogP contribution in [0.3, 0.4) is 0 Å². The molecule has 0 saturated carbocycles. The van der Waals surface area contributed by atoms with E-state index >= 15 is 0 Å². The van der Waals surface area contributed by atoms with Gasteiger partial charge in [0.1, 0.15) is 5.60 Å². The summed E-state index contributed by atoms with van der Waals surface area (Å²) in [5, 5.41) is 2.93. The van der Waals surface area contributed by atoms with E-state index < -0.39 is 5.60 Å². The number of nitrogens with one attached hydrogen (secondary N) is 1. The first-order chi connectivity index (χ1) is 11.3. The van der Waals surface area contributed by atoms with Crippen LogP contribution in [-0.4, -0.2) is 42.3 Å². The van der Waals surface area contributed by atoms with Crippen LogP contribution >= 0.6 is 0 Å². The zero-order chi connectivity index (χ0) is 17.6. The van der Waals surface area contributed by atoms with Gasteiger partial charge in [-0.2, -0.15) is 0 Å². The van der Waals surface area contributed by atoms with Crippen molar-refractivity contribution in [2.75, 3.05) is 19.6 Å². The van der Waals surface area contributed by atoms with E-state index in [1.165, 1.54) is 24.8 Å². The number of hydrogen-bond donors (Lipinski definition) is 1. The third kappa shape index (κ3) is 6.91. The number of likely N-dealkylation sites (tertiary alicyclic amines) is 1. The number of benzene rings is 1. The fourth-order valence-corrected chi connectivity index (χ4v) is 3.26. The Morgan fingerprint density at radius 2 is 1.88 bits per heavy atom. The molecule has 1 N–H and O–H groups in total. The number of hydrogen-bond acceptors (Lipinski definition) is 3. The monoisotopic (exact) mass is 332 g/mol. The molecule has 1 fully saturated rings. The summed E-state index contributed by atoms with van der Waals surface area (Å²) in [5.41, 5.74) is 0.996. The molecule has 1 unspecified atom stereocenters. The zero-order valence-corrected chi connectivity index (χ0v) is 15.5. The molecule has 1 aliphatic rings. The molecule has 1 heterocycles. The van der Waals surface area contributed by atoms with Crippen molar-refractivity contribution in [1.82, 2.24) is 10.2 Å². The van der Waals surface area contributed by atoms with Crippen LogP contribution in [-0.2, 0) is 11.2 Å². The van der Waals surface area contributed by atoms with Gasteiger partial charge >= 0.3 is 6.09 Å². The van der Waals surface area contributed by atoms with Crippen LogP contribution in [0.2, 0.25) is 0 Å². The molecule has 1 amide bonds. The maximum atomic E-state index is 11.8. The third-order valence-electron chi connectivity index (χ3n) is 4.37. The van der Waals surface area contributed by atoms with Crippen molar-refractivity contribution in [2.24, 2.45) is 5.92 Å². The summed E-state index contributed by atoms with van der Waals surface area (Å²) in [5.74, 6) is 0.776. The molecule has 1 saturated heterocycles. The summed E-state index contributed by atoms with van der Waals surface area (Å²) in [4.78, 5) is 14.3. The van der Waals surface area contributed by atoms with Crippen molar-refractivity contribution in [3.8, 4) is 0 Å². The Morgan fingerprint density at radius 3 is 2.46 bits per heavy atom. The van der Waals surface area contributed by atoms with Gasteiger partial charge in [-0.3, -0.25) is 0 Å². The first kappa shape index (κ1) is 18.8. The van der Waals surface area contributed by atoms with Crippen molar-refractivity contribution in [3.63, 3.8) is 0 Å². The van der Waals surface area contributed by atoms with E-state index in [1.54, 1.807) is 0 Å². The lowest BCUT2D eigenvalue weighted by atomic mass is 9.90. The van der Waals surface area contributed by atoms with Gasteiger partial charge in [0, 0.05) is 12.6 Å². The van der Waals surface area contributed by atoms with Crippen LogP contribution in [0.1, 0.15) is 46.1 Å². The zero-order valence-electron chi connectivity index (χ0n) is 15.5. The van der Waals surface area contributed by atoms with Crippen LogP contribution in [0, 0.1) is 5.92 Å². The maximum absolute atomic E-state index is 11.8. The van der Waals surface area contributed by atoms with E-state index in [4.69, 9.17) is 4.74 Å². The molecule has 0 aliphatic carbocycles. The molecule has 2 rings (SSSR count). The molecule has 0 aromatic heterocycles. The van der Waals surface area contributed by atoms with Gasteiger partial charge in [0.15, 0.2) is 0 Å². The highest BCUT2D eigenvalue weighted by molar-refractivity contribution is 5.68. The van der Waals surface area contributed by atoms with Gasteiger partial charge in [0.2, 0.25) is 0 Å². The topological polar surface area (TPSA) is 41.6 Å². The van der Waals surface area contributed by atoms with Crippen LogP contribution in [0.15, 0.2) is 30.3 Å². The van der Waals surface area contributed by atoms with Crippen molar-refractivity contribution in [1.29, 1.82) is 0 Å². The second-order valence-corrected chi connectivity index (χ2v) is 7.98. The molecule has 1 aromatic carbocycles. The van der Waals surface area contributed by atoms with E-state index in [1.807, 2.05) is 27.7 Å². The summed E-state index contributed by atoms with van der Waals surface area (Å²) in [6.45, 7) is 10.8. The smallest absolute Gasteiger partial charge is 0.407 e. The number of rotatable bonds is 5. The Bertz CT molecular complexity index is 502. The van der Waals surface area contributed by atoms with Crippen molar-refractivity contribution in [3.05, 3.63) is 35.9 Å². The molecule has 1 atom stereocenters. The predicted octanol–water partition coefficient (Wildman–Crippen LogP) is 3.85. The fraction of sp³-hybridized carbons (Fsp3) is 0.650. The summed E-state index contributed by atoms with van der Waals surface area (Å²) >= 11 is 0. The van der Waals surface area contributed by atoms with Crippen molar-refractivity contribution >= 4 is 6.09 Å². The first-order valence-electron chi connectivity index (χ1n) is 9.07. The highest BCUT2D eigenvalue weighted by atomic mass is 16.6. The maximum Gasteiger partial charge on any atom is 0.407 e. The van der Waals surface area contributed by atoms with Crippen LogP contribution < -0.4 is 5.32 Å². The van der Waals surface area contributed by atoms with E-state index in [0.29, 0.717) is 0 Å². The van der Waals surface area contributed by atoms with Gasteiger partial charge in [0.25, 0.3) is 0 Å². The minimum atomic E-state index is -0.445. The van der Waals surface area contributed by atoms with Gasteiger partial charge in [-0.05, 0) is 71.5 Å². The summed E-state index contributed by atoms with van der Waals surface area (Å²) in [6.07, 6.45) is 3.32. The van der Waals surface area contributed by atoms with Crippen LogP contribution in [0.25, 0.3) is 0 Å². The van der Waals surface area contributed by atoms with E-state index in [9.17, 15) is 4.79 Å². The van der Waals surface area contributed by atoms with E-state index in [0.717, 1.165) is 25.6 Å². The summed E-state index contributed by atoms with van der Waals surface area (Å²) in [6, 6.07) is 10.9. The highest BCUT2D eigenvalue weighted by Gasteiger charge is 2.22. The standard InChI is InChI=1S/C20H32N2O2/c1-16(21-19(23)24-20(2,3)4)15-22-12-10-18(11-13-22)14-17-8-6-5-7-9-17/h5-9,16,18H,10-15H2,1-4H3,(H,21,23). The predicted molar refractivity (Wildman–Crippen MR) is 98.1 cm³/mol. The van der Waals surface area contributed by atoms with Crippen LogP contribution in [0.5, 0.6) is 0 Å². The SMILES string of the molecule is CC(CN1CCC(Cc2ccccc2)CC1)NC(=O)OC(C)(C)C. The first-order valence-corrected chi connectivity index (χ1v) is 9.07. The quantitative estimate of drug-likeness (QED) is 0.890. The average Bonchev–Trinajstić information content (AvgIpc) is 2.48. The number of amides is 1. The van der Waals surface area contributed by atoms with Crippen molar-refractivity contribution in [2.45, 2.75) is 58.6 Å². The normalized spacial score (nSPS) is 18.2. The van der Waals surface area contributed by atoms with E-state index in [2.05, 4.69) is 40.5 Å². The average molecular weight is 332 g/mol. The molecule has 0 spiro atoms. The number of alkyl carbamates (subject to hydrolysis) is 1. The molecule has 1 aromatic rings. The Morgan fingerprint density at radius 1 is 1.25 bits per heavy atom. The highest BCUT2D eigenvalue weighted by Crippen LogP contribution is 2.21. The number of nitrogens with zero attached hydrogens (tertiary/aromatic N) is 1. The molecule has 1 aliphatic heterocycles. The van der Waals surface area contributed by atoms with Gasteiger partial charge in [-0.25, -0.2) is 4.79 Å². The van der Waals surface area contributed by atoms with Gasteiger partial charge in [-0.1, -0.05) is 30.3 Å². The Hall–Kier alpha value is -1.55. The second kappa shape index (κ2) is 8.52. The number of piperidine rings is 1. The molecule has 0 radical (unpaired) electrons. The number of carbonyl (C=O) groups is 1. The molecule has 4 heteroatoms. The second-order valence-electron chi connectivity index (χ2n) is 7.98. The van der Waals surface area contributed by atoms with E-state index in [-0.39, 0.29) is 12.1 Å².